The van der Waals surface area contributed by atoms with Crippen LogP contribution in [0.25, 0.3) is 11.3 Å². The smallest absolute Gasteiger partial charge is 0.161 e. The summed E-state index contributed by atoms with van der Waals surface area (Å²) in [6.07, 6.45) is 0.902. The zero-order valence-corrected chi connectivity index (χ0v) is 11.1. The highest BCUT2D eigenvalue weighted by Gasteiger charge is 2.16. The average Bonchev–Trinajstić information content (AvgIpc) is 2.60. The largest absolute Gasteiger partial charge is 0.490 e. The van der Waals surface area contributed by atoms with E-state index in [2.05, 4.69) is 5.10 Å². The highest BCUT2D eigenvalue weighted by molar-refractivity contribution is 5.70. The Morgan fingerprint density at radius 3 is 2.47 bits per heavy atom. The fourth-order valence-corrected chi connectivity index (χ4v) is 2.20. The van der Waals surface area contributed by atoms with E-state index in [1.807, 2.05) is 32.2 Å². The molecule has 3 rings (SSSR count). The van der Waals surface area contributed by atoms with E-state index >= 15 is 0 Å². The molecule has 0 spiro atoms. The lowest BCUT2D eigenvalue weighted by Crippen LogP contribution is -1.97. The van der Waals surface area contributed by atoms with Crippen molar-refractivity contribution in [2.24, 2.45) is 7.05 Å². The Balaban J connectivity index is 2.09. The van der Waals surface area contributed by atoms with Crippen molar-refractivity contribution in [1.29, 1.82) is 0 Å². The van der Waals surface area contributed by atoms with Crippen LogP contribution in [0.4, 0.5) is 5.82 Å². The van der Waals surface area contributed by atoms with Crippen molar-refractivity contribution in [2.75, 3.05) is 18.9 Å². The quantitative estimate of drug-likeness (QED) is 0.852. The maximum absolute atomic E-state index is 5.84. The number of fused-ring (bicyclic) bond motifs is 1. The van der Waals surface area contributed by atoms with Gasteiger partial charge in [0.25, 0.3) is 0 Å². The summed E-state index contributed by atoms with van der Waals surface area (Å²) in [5.74, 6) is 2.23. The van der Waals surface area contributed by atoms with Crippen molar-refractivity contribution >= 4 is 5.82 Å². The third-order valence-electron chi connectivity index (χ3n) is 3.29. The molecule has 5 heteroatoms. The molecule has 0 atom stereocenters. The molecule has 0 fully saturated rings. The SMILES string of the molecule is Cc1cc2c(cc1-c1cc(N)n(C)n1)OCCCO2. The fraction of sp³-hybridized carbons (Fsp3) is 0.357. The van der Waals surface area contributed by atoms with Gasteiger partial charge in [0, 0.05) is 25.1 Å². The minimum absolute atomic E-state index is 0.640. The van der Waals surface area contributed by atoms with Crippen molar-refractivity contribution in [3.8, 4) is 22.8 Å². The Morgan fingerprint density at radius 1 is 1.16 bits per heavy atom. The third kappa shape index (κ3) is 2.12. The van der Waals surface area contributed by atoms with E-state index in [1.165, 1.54) is 0 Å². The van der Waals surface area contributed by atoms with E-state index in [0.29, 0.717) is 19.0 Å². The minimum atomic E-state index is 0.640. The molecule has 2 aromatic rings. The number of rotatable bonds is 1. The molecule has 0 bridgehead atoms. The van der Waals surface area contributed by atoms with E-state index in [4.69, 9.17) is 15.2 Å². The summed E-state index contributed by atoms with van der Waals surface area (Å²) in [4.78, 5) is 0. The Labute approximate surface area is 111 Å². The van der Waals surface area contributed by atoms with Gasteiger partial charge in [0.2, 0.25) is 0 Å². The second-order valence-electron chi connectivity index (χ2n) is 4.74. The maximum atomic E-state index is 5.84. The molecule has 0 unspecified atom stereocenters. The monoisotopic (exact) mass is 259 g/mol. The summed E-state index contributed by atoms with van der Waals surface area (Å²) in [7, 11) is 1.83. The van der Waals surface area contributed by atoms with Crippen LogP contribution in [0.5, 0.6) is 11.5 Å². The third-order valence-corrected chi connectivity index (χ3v) is 3.29. The standard InChI is InChI=1S/C14H17N3O2/c1-9-6-12-13(19-5-3-4-18-12)7-10(9)11-8-14(15)17(2)16-11/h6-8H,3-5,15H2,1-2H3. The molecule has 5 nitrogen and oxygen atoms in total. The summed E-state index contributed by atoms with van der Waals surface area (Å²) >= 11 is 0. The normalized spacial score (nSPS) is 14.2. The van der Waals surface area contributed by atoms with E-state index in [-0.39, 0.29) is 0 Å². The first-order chi connectivity index (χ1) is 9.15. The summed E-state index contributed by atoms with van der Waals surface area (Å²) < 4.78 is 13.1. The van der Waals surface area contributed by atoms with Gasteiger partial charge in [0.15, 0.2) is 11.5 Å². The maximum Gasteiger partial charge on any atom is 0.161 e. The Bertz CT molecular complexity index is 600. The van der Waals surface area contributed by atoms with Crippen molar-refractivity contribution < 1.29 is 9.47 Å². The lowest BCUT2D eigenvalue weighted by atomic mass is 10.0. The molecule has 0 amide bonds. The number of anilines is 1. The Hall–Kier alpha value is -2.17. The predicted octanol–water partition coefficient (Wildman–Crippen LogP) is 2.14. The van der Waals surface area contributed by atoms with Gasteiger partial charge in [-0.2, -0.15) is 5.10 Å². The molecule has 1 aromatic heterocycles. The second kappa shape index (κ2) is 4.50. The van der Waals surface area contributed by atoms with Crippen LogP contribution < -0.4 is 15.2 Å². The number of aryl methyl sites for hydroxylation is 2. The van der Waals surface area contributed by atoms with Crippen LogP contribution in [-0.4, -0.2) is 23.0 Å². The first-order valence-corrected chi connectivity index (χ1v) is 6.35. The van der Waals surface area contributed by atoms with Crippen molar-refractivity contribution in [1.82, 2.24) is 9.78 Å². The highest BCUT2D eigenvalue weighted by Crippen LogP contribution is 2.36. The number of hydrogen-bond acceptors (Lipinski definition) is 4. The fourth-order valence-electron chi connectivity index (χ4n) is 2.20. The van der Waals surface area contributed by atoms with E-state index < -0.39 is 0 Å². The van der Waals surface area contributed by atoms with Crippen LogP contribution in [0.1, 0.15) is 12.0 Å². The highest BCUT2D eigenvalue weighted by atomic mass is 16.5. The van der Waals surface area contributed by atoms with Crippen molar-refractivity contribution in [3.05, 3.63) is 23.8 Å². The molecule has 1 aliphatic heterocycles. The van der Waals surface area contributed by atoms with E-state index in [0.717, 1.165) is 34.7 Å². The lowest BCUT2D eigenvalue weighted by Gasteiger charge is -2.11. The van der Waals surface area contributed by atoms with Crippen molar-refractivity contribution in [3.63, 3.8) is 0 Å². The Kier molecular flexibility index (Phi) is 2.81. The number of hydrogen-bond donors (Lipinski definition) is 1. The molecule has 100 valence electrons. The van der Waals surface area contributed by atoms with Gasteiger partial charge in [0.05, 0.1) is 18.9 Å². The number of nitrogen functional groups attached to an aromatic ring is 1. The van der Waals surface area contributed by atoms with Gasteiger partial charge >= 0.3 is 0 Å². The van der Waals surface area contributed by atoms with Gasteiger partial charge in [-0.05, 0) is 24.6 Å². The van der Waals surface area contributed by atoms with Crippen molar-refractivity contribution in [2.45, 2.75) is 13.3 Å². The number of nitrogens with two attached hydrogens (primary N) is 1. The summed E-state index contributed by atoms with van der Waals surface area (Å²) in [5, 5.41) is 4.41. The molecule has 19 heavy (non-hydrogen) atoms. The molecule has 0 aliphatic carbocycles. The van der Waals surface area contributed by atoms with Gasteiger partial charge < -0.3 is 15.2 Å². The van der Waals surface area contributed by atoms with Gasteiger partial charge in [-0.3, -0.25) is 4.68 Å². The van der Waals surface area contributed by atoms with Crippen LogP contribution >= 0.6 is 0 Å². The van der Waals surface area contributed by atoms with Gasteiger partial charge in [-0.1, -0.05) is 0 Å². The summed E-state index contributed by atoms with van der Waals surface area (Å²) in [5.41, 5.74) is 8.81. The molecule has 0 radical (unpaired) electrons. The number of benzene rings is 1. The van der Waals surface area contributed by atoms with Crippen LogP contribution in [-0.2, 0) is 7.05 Å². The minimum Gasteiger partial charge on any atom is -0.490 e. The average molecular weight is 259 g/mol. The molecule has 1 aliphatic rings. The number of nitrogens with zero attached hydrogens (tertiary/aromatic N) is 2. The zero-order chi connectivity index (χ0) is 13.4. The first-order valence-electron chi connectivity index (χ1n) is 6.35. The number of ether oxygens (including phenoxy) is 2. The molecular weight excluding hydrogens is 242 g/mol. The lowest BCUT2D eigenvalue weighted by molar-refractivity contribution is 0.297. The second-order valence-corrected chi connectivity index (χ2v) is 4.74. The molecule has 1 aromatic carbocycles. The van der Waals surface area contributed by atoms with E-state index in [1.54, 1.807) is 4.68 Å². The molecule has 0 saturated carbocycles. The van der Waals surface area contributed by atoms with Crippen LogP contribution in [0.3, 0.4) is 0 Å². The van der Waals surface area contributed by atoms with Gasteiger partial charge in [-0.15, -0.1) is 0 Å². The Morgan fingerprint density at radius 2 is 1.84 bits per heavy atom. The topological polar surface area (TPSA) is 62.3 Å². The molecule has 2 N–H and O–H groups in total. The first kappa shape index (κ1) is 11.9. The van der Waals surface area contributed by atoms with Gasteiger partial charge in [0.1, 0.15) is 5.82 Å². The predicted molar refractivity (Wildman–Crippen MR) is 73.4 cm³/mol. The van der Waals surface area contributed by atoms with Crippen LogP contribution in [0.2, 0.25) is 0 Å². The summed E-state index contributed by atoms with van der Waals surface area (Å²) in [6, 6.07) is 5.85. The zero-order valence-electron chi connectivity index (χ0n) is 11.1. The van der Waals surface area contributed by atoms with E-state index in [9.17, 15) is 0 Å². The molecule has 0 saturated heterocycles. The van der Waals surface area contributed by atoms with Gasteiger partial charge in [-0.25, -0.2) is 0 Å². The van der Waals surface area contributed by atoms with Crippen LogP contribution in [0, 0.1) is 6.92 Å². The number of aromatic nitrogens is 2. The molecule has 2 heterocycles. The van der Waals surface area contributed by atoms with Crippen LogP contribution in [0.15, 0.2) is 18.2 Å². The summed E-state index contributed by atoms with van der Waals surface area (Å²) in [6.45, 7) is 3.41. The molecular formula is C14H17N3O2.